The van der Waals surface area contributed by atoms with Gasteiger partial charge in [0, 0.05) is 0 Å². The lowest BCUT2D eigenvalue weighted by Gasteiger charge is -2.04. The van der Waals surface area contributed by atoms with Gasteiger partial charge in [-0.15, -0.1) is 0 Å². The Morgan fingerprint density at radius 3 is 1.64 bits per heavy atom. The van der Waals surface area contributed by atoms with Crippen molar-refractivity contribution in [2.24, 2.45) is 5.92 Å². The van der Waals surface area contributed by atoms with Crippen LogP contribution in [0.2, 0.25) is 0 Å². The molecule has 0 radical (unpaired) electrons. The SMILES string of the molecule is C=CC1=C(C=C)CCC(C)CC1.CC. The Bertz CT molecular complexity index is 186. The first-order valence-corrected chi connectivity index (χ1v) is 5.74. The van der Waals surface area contributed by atoms with Gasteiger partial charge >= 0.3 is 0 Å². The zero-order valence-electron chi connectivity index (χ0n) is 9.97. The van der Waals surface area contributed by atoms with Gasteiger partial charge in [0.15, 0.2) is 0 Å². The van der Waals surface area contributed by atoms with Crippen molar-refractivity contribution < 1.29 is 0 Å². The molecule has 1 aliphatic rings. The molecule has 0 nitrogen and oxygen atoms in total. The fourth-order valence-electron chi connectivity index (χ4n) is 1.74. The lowest BCUT2D eigenvalue weighted by atomic mass is 10.0. The highest BCUT2D eigenvalue weighted by Crippen LogP contribution is 2.28. The lowest BCUT2D eigenvalue weighted by Crippen LogP contribution is -1.90. The minimum atomic E-state index is 0.859. The van der Waals surface area contributed by atoms with E-state index >= 15 is 0 Å². The molecule has 1 rings (SSSR count). The van der Waals surface area contributed by atoms with Gasteiger partial charge in [-0.3, -0.25) is 0 Å². The molecule has 14 heavy (non-hydrogen) atoms. The maximum absolute atomic E-state index is 3.84. The van der Waals surface area contributed by atoms with E-state index in [0.717, 1.165) is 5.92 Å². The van der Waals surface area contributed by atoms with E-state index in [1.165, 1.54) is 36.8 Å². The Kier molecular flexibility index (Phi) is 7.18. The van der Waals surface area contributed by atoms with Crippen molar-refractivity contribution in [3.8, 4) is 0 Å². The minimum Gasteiger partial charge on any atom is -0.0988 e. The Labute approximate surface area is 89.4 Å². The first kappa shape index (κ1) is 13.2. The Morgan fingerprint density at radius 2 is 1.36 bits per heavy atom. The molecule has 0 heteroatoms. The second-order valence-corrected chi connectivity index (χ2v) is 3.64. The zero-order valence-corrected chi connectivity index (χ0v) is 9.97. The summed E-state index contributed by atoms with van der Waals surface area (Å²) in [5.74, 6) is 0.859. The maximum atomic E-state index is 3.84. The summed E-state index contributed by atoms with van der Waals surface area (Å²) in [6, 6.07) is 0. The quantitative estimate of drug-likeness (QED) is 0.584. The fraction of sp³-hybridized carbons (Fsp3) is 0.571. The van der Waals surface area contributed by atoms with Gasteiger partial charge in [0.1, 0.15) is 0 Å². The summed E-state index contributed by atoms with van der Waals surface area (Å²) in [7, 11) is 0. The van der Waals surface area contributed by atoms with E-state index in [4.69, 9.17) is 0 Å². The molecule has 0 spiro atoms. The van der Waals surface area contributed by atoms with Crippen LogP contribution in [0, 0.1) is 5.92 Å². The average molecular weight is 192 g/mol. The summed E-state index contributed by atoms with van der Waals surface area (Å²) in [4.78, 5) is 0. The van der Waals surface area contributed by atoms with E-state index in [1.54, 1.807) is 0 Å². The smallest absolute Gasteiger partial charge is 0.0274 e. The highest BCUT2D eigenvalue weighted by atomic mass is 14.2. The van der Waals surface area contributed by atoms with E-state index in [9.17, 15) is 0 Å². The maximum Gasteiger partial charge on any atom is -0.0274 e. The molecule has 0 unspecified atom stereocenters. The molecule has 0 aromatic heterocycles. The molecular weight excluding hydrogens is 168 g/mol. The summed E-state index contributed by atoms with van der Waals surface area (Å²) in [5.41, 5.74) is 2.82. The first-order chi connectivity index (χ1) is 6.77. The van der Waals surface area contributed by atoms with E-state index in [2.05, 4.69) is 20.1 Å². The van der Waals surface area contributed by atoms with E-state index in [1.807, 2.05) is 26.0 Å². The van der Waals surface area contributed by atoms with Gasteiger partial charge in [0.25, 0.3) is 0 Å². The van der Waals surface area contributed by atoms with Crippen molar-refractivity contribution in [3.63, 3.8) is 0 Å². The monoisotopic (exact) mass is 192 g/mol. The van der Waals surface area contributed by atoms with Crippen LogP contribution in [0.25, 0.3) is 0 Å². The second kappa shape index (κ2) is 7.61. The molecule has 0 saturated heterocycles. The normalized spacial score (nSPS) is 17.9. The predicted octanol–water partition coefficient (Wildman–Crippen LogP) is 4.89. The Morgan fingerprint density at radius 1 is 1.00 bits per heavy atom. The average Bonchev–Trinajstić information content (AvgIpc) is 2.42. The third kappa shape index (κ3) is 3.95. The van der Waals surface area contributed by atoms with Crippen molar-refractivity contribution in [1.29, 1.82) is 0 Å². The molecule has 0 bridgehead atoms. The topological polar surface area (TPSA) is 0 Å². The molecule has 0 saturated carbocycles. The van der Waals surface area contributed by atoms with Gasteiger partial charge < -0.3 is 0 Å². The van der Waals surface area contributed by atoms with E-state index < -0.39 is 0 Å². The van der Waals surface area contributed by atoms with Crippen LogP contribution in [0.4, 0.5) is 0 Å². The molecule has 80 valence electrons. The van der Waals surface area contributed by atoms with Gasteiger partial charge in [0.2, 0.25) is 0 Å². The van der Waals surface area contributed by atoms with Gasteiger partial charge in [-0.05, 0) is 42.7 Å². The summed E-state index contributed by atoms with van der Waals surface area (Å²) < 4.78 is 0. The highest BCUT2D eigenvalue weighted by Gasteiger charge is 2.11. The van der Waals surface area contributed by atoms with Gasteiger partial charge in [0.05, 0.1) is 0 Å². The largest absolute Gasteiger partial charge is 0.0988 e. The van der Waals surface area contributed by atoms with Crippen LogP contribution in [-0.2, 0) is 0 Å². The number of hydrogen-bond acceptors (Lipinski definition) is 0. The second-order valence-electron chi connectivity index (χ2n) is 3.64. The molecule has 0 aromatic carbocycles. The first-order valence-electron chi connectivity index (χ1n) is 5.74. The zero-order chi connectivity index (χ0) is 11.0. The molecule has 0 fully saturated rings. The van der Waals surface area contributed by atoms with Gasteiger partial charge in [-0.2, -0.15) is 0 Å². The lowest BCUT2D eigenvalue weighted by molar-refractivity contribution is 0.509. The summed E-state index contributed by atoms with van der Waals surface area (Å²) in [5, 5.41) is 0. The van der Waals surface area contributed by atoms with Crippen molar-refractivity contribution in [2.45, 2.75) is 46.5 Å². The molecule has 0 amide bonds. The molecule has 1 aliphatic carbocycles. The number of rotatable bonds is 2. The third-order valence-electron chi connectivity index (χ3n) is 2.72. The standard InChI is InChI=1S/C12H18.C2H6/c1-4-11-8-6-10(3)7-9-12(11)5-2;1-2/h4-5,10H,1-2,6-9H2,3H3;1-2H3. The molecular formula is C14H24. The minimum absolute atomic E-state index is 0.859. The summed E-state index contributed by atoms with van der Waals surface area (Å²) in [6.07, 6.45) is 8.97. The van der Waals surface area contributed by atoms with Gasteiger partial charge in [-0.1, -0.05) is 46.1 Å². The highest BCUT2D eigenvalue weighted by molar-refractivity contribution is 5.32. The van der Waals surface area contributed by atoms with Crippen LogP contribution in [0.3, 0.4) is 0 Å². The van der Waals surface area contributed by atoms with Crippen LogP contribution < -0.4 is 0 Å². The van der Waals surface area contributed by atoms with Crippen molar-refractivity contribution in [2.75, 3.05) is 0 Å². The van der Waals surface area contributed by atoms with Crippen molar-refractivity contribution >= 4 is 0 Å². The van der Waals surface area contributed by atoms with Crippen molar-refractivity contribution in [1.82, 2.24) is 0 Å². The van der Waals surface area contributed by atoms with Crippen LogP contribution in [0.5, 0.6) is 0 Å². The van der Waals surface area contributed by atoms with E-state index in [0.29, 0.717) is 0 Å². The van der Waals surface area contributed by atoms with Crippen LogP contribution >= 0.6 is 0 Å². The molecule has 0 N–H and O–H groups in total. The van der Waals surface area contributed by atoms with Crippen LogP contribution in [0.15, 0.2) is 36.5 Å². The summed E-state index contributed by atoms with van der Waals surface area (Å²) in [6.45, 7) is 14.0. The third-order valence-corrected chi connectivity index (χ3v) is 2.72. The van der Waals surface area contributed by atoms with Crippen LogP contribution in [-0.4, -0.2) is 0 Å². The number of allylic oxidation sites excluding steroid dienone is 4. The van der Waals surface area contributed by atoms with E-state index in [-0.39, 0.29) is 0 Å². The van der Waals surface area contributed by atoms with Crippen molar-refractivity contribution in [3.05, 3.63) is 36.5 Å². The molecule has 0 aliphatic heterocycles. The van der Waals surface area contributed by atoms with Crippen LogP contribution in [0.1, 0.15) is 46.5 Å². The van der Waals surface area contributed by atoms with Gasteiger partial charge in [-0.25, -0.2) is 0 Å². The Hall–Kier alpha value is -0.780. The molecule has 0 heterocycles. The summed E-state index contributed by atoms with van der Waals surface area (Å²) >= 11 is 0. The molecule has 0 atom stereocenters. The number of hydrogen-bond donors (Lipinski definition) is 0. The predicted molar refractivity (Wildman–Crippen MR) is 66.4 cm³/mol. The fourth-order valence-corrected chi connectivity index (χ4v) is 1.74. The molecule has 0 aromatic rings. The Balaban J connectivity index is 0.000000791.